The third kappa shape index (κ3) is 5.33. The van der Waals surface area contributed by atoms with Crippen LogP contribution in [0.15, 0.2) is 48.5 Å². The Morgan fingerprint density at radius 2 is 1.80 bits per heavy atom. The molecule has 0 aliphatic rings. The first-order valence-electron chi connectivity index (χ1n) is 8.21. The van der Waals surface area contributed by atoms with Crippen molar-refractivity contribution in [2.24, 2.45) is 0 Å². The van der Waals surface area contributed by atoms with Gasteiger partial charge >= 0.3 is 0 Å². The Morgan fingerprint density at radius 1 is 1.12 bits per heavy atom. The van der Waals surface area contributed by atoms with Crippen LogP contribution in [0.5, 0.6) is 0 Å². The molecule has 4 nitrogen and oxygen atoms in total. The van der Waals surface area contributed by atoms with Gasteiger partial charge in [-0.3, -0.25) is 9.59 Å². The van der Waals surface area contributed by atoms with Gasteiger partial charge in [0, 0.05) is 18.6 Å². The summed E-state index contributed by atoms with van der Waals surface area (Å²) < 4.78 is 0. The molecule has 0 aliphatic carbocycles. The van der Waals surface area contributed by atoms with Crippen LogP contribution in [0.1, 0.15) is 23.6 Å². The third-order valence-corrected chi connectivity index (χ3v) is 4.33. The summed E-state index contributed by atoms with van der Waals surface area (Å²) in [5.41, 5.74) is 2.93. The maximum absolute atomic E-state index is 12.9. The van der Waals surface area contributed by atoms with E-state index >= 15 is 0 Å². The normalized spacial score (nSPS) is 11.7. The number of nitrogens with one attached hydrogen (secondary N) is 1. The summed E-state index contributed by atoms with van der Waals surface area (Å²) in [7, 11) is 1.57. The minimum atomic E-state index is -0.568. The minimum Gasteiger partial charge on any atom is -0.357 e. The van der Waals surface area contributed by atoms with Gasteiger partial charge in [-0.25, -0.2) is 0 Å². The average Bonchev–Trinajstić information content (AvgIpc) is 2.58. The third-order valence-electron chi connectivity index (χ3n) is 4.09. The fourth-order valence-electron chi connectivity index (χ4n) is 2.72. The van der Waals surface area contributed by atoms with Gasteiger partial charge < -0.3 is 10.2 Å². The van der Waals surface area contributed by atoms with Crippen molar-refractivity contribution in [1.29, 1.82) is 0 Å². The van der Waals surface area contributed by atoms with E-state index in [1.807, 2.05) is 49.4 Å². The molecular weight excluding hydrogens is 336 g/mol. The number of hydrogen-bond acceptors (Lipinski definition) is 2. The molecule has 1 N–H and O–H groups in total. The summed E-state index contributed by atoms with van der Waals surface area (Å²) >= 11 is 6.04. The van der Waals surface area contributed by atoms with Crippen molar-refractivity contribution in [1.82, 2.24) is 10.2 Å². The van der Waals surface area contributed by atoms with Gasteiger partial charge in [0.05, 0.1) is 6.42 Å². The monoisotopic (exact) mass is 358 g/mol. The van der Waals surface area contributed by atoms with E-state index in [1.54, 1.807) is 24.9 Å². The van der Waals surface area contributed by atoms with Gasteiger partial charge in [-0.15, -0.1) is 0 Å². The van der Waals surface area contributed by atoms with E-state index in [1.165, 1.54) is 0 Å². The number of benzene rings is 2. The van der Waals surface area contributed by atoms with Crippen molar-refractivity contribution in [3.63, 3.8) is 0 Å². The number of likely N-dealkylation sites (N-methyl/N-ethyl adjacent to an activating group) is 1. The molecule has 0 aromatic heterocycles. The lowest BCUT2D eigenvalue weighted by Gasteiger charge is -2.28. The first kappa shape index (κ1) is 19.0. The topological polar surface area (TPSA) is 49.4 Å². The fraction of sp³-hybridized carbons (Fsp3) is 0.300. The van der Waals surface area contributed by atoms with Crippen molar-refractivity contribution < 1.29 is 9.59 Å². The molecule has 2 rings (SSSR count). The summed E-state index contributed by atoms with van der Waals surface area (Å²) in [5, 5.41) is 3.22. The van der Waals surface area contributed by atoms with E-state index < -0.39 is 6.04 Å². The molecule has 0 spiro atoms. The molecule has 5 heteroatoms. The Bertz CT molecular complexity index is 761. The number of amides is 2. The highest BCUT2D eigenvalue weighted by Gasteiger charge is 2.25. The first-order valence-corrected chi connectivity index (χ1v) is 8.59. The zero-order chi connectivity index (χ0) is 18.4. The Labute approximate surface area is 153 Å². The summed E-state index contributed by atoms with van der Waals surface area (Å²) in [6.45, 7) is 4.06. The summed E-state index contributed by atoms with van der Waals surface area (Å²) in [6.07, 6.45) is 0.254. The molecule has 0 saturated heterocycles. The predicted octanol–water partition coefficient (Wildman–Crippen LogP) is 3.35. The Balaban J connectivity index is 2.23. The predicted molar refractivity (Wildman–Crippen MR) is 100 cm³/mol. The highest BCUT2D eigenvalue weighted by Crippen LogP contribution is 2.16. The number of halogens is 1. The lowest BCUT2D eigenvalue weighted by molar-refractivity contribution is -0.139. The van der Waals surface area contributed by atoms with Gasteiger partial charge in [0.2, 0.25) is 11.8 Å². The van der Waals surface area contributed by atoms with E-state index in [2.05, 4.69) is 5.32 Å². The molecule has 25 heavy (non-hydrogen) atoms. The first-order chi connectivity index (χ1) is 11.9. The number of hydrogen-bond donors (Lipinski definition) is 1. The van der Waals surface area contributed by atoms with Crippen LogP contribution in [-0.2, 0) is 22.6 Å². The van der Waals surface area contributed by atoms with E-state index in [4.69, 9.17) is 11.6 Å². The van der Waals surface area contributed by atoms with Gasteiger partial charge in [0.15, 0.2) is 0 Å². The lowest BCUT2D eigenvalue weighted by Crippen LogP contribution is -2.47. The molecule has 1 atom stereocenters. The van der Waals surface area contributed by atoms with E-state index in [-0.39, 0.29) is 18.2 Å². The van der Waals surface area contributed by atoms with Crippen molar-refractivity contribution in [2.45, 2.75) is 32.9 Å². The zero-order valence-electron chi connectivity index (χ0n) is 14.8. The smallest absolute Gasteiger partial charge is 0.242 e. The van der Waals surface area contributed by atoms with Crippen molar-refractivity contribution in [3.05, 3.63) is 70.2 Å². The summed E-state index contributed by atoms with van der Waals surface area (Å²) in [4.78, 5) is 26.6. The molecule has 0 aliphatic heterocycles. The highest BCUT2D eigenvalue weighted by molar-refractivity contribution is 6.30. The van der Waals surface area contributed by atoms with Crippen LogP contribution < -0.4 is 5.32 Å². The van der Waals surface area contributed by atoms with Crippen LogP contribution in [0.3, 0.4) is 0 Å². The molecule has 132 valence electrons. The molecule has 0 bridgehead atoms. The van der Waals surface area contributed by atoms with Gasteiger partial charge in [0.1, 0.15) is 6.04 Å². The SMILES string of the molecule is CNC(=O)[C@@H](C)N(Cc1cccc(Cl)c1)C(=O)Cc1cccc(C)c1. The minimum absolute atomic E-state index is 0.0957. The van der Waals surface area contributed by atoms with E-state index in [0.717, 1.165) is 16.7 Å². The van der Waals surface area contributed by atoms with Gasteiger partial charge in [0.25, 0.3) is 0 Å². The molecule has 0 fully saturated rings. The van der Waals surface area contributed by atoms with Crippen LogP contribution in [0, 0.1) is 6.92 Å². The average molecular weight is 359 g/mol. The molecule has 0 unspecified atom stereocenters. The van der Waals surface area contributed by atoms with Crippen LogP contribution in [0.25, 0.3) is 0 Å². The molecule has 2 aromatic rings. The van der Waals surface area contributed by atoms with Crippen LogP contribution in [0.4, 0.5) is 0 Å². The maximum atomic E-state index is 12.9. The van der Waals surface area contributed by atoms with Crippen molar-refractivity contribution >= 4 is 23.4 Å². The lowest BCUT2D eigenvalue weighted by atomic mass is 10.1. The second-order valence-corrected chi connectivity index (χ2v) is 6.54. The number of carbonyl (C=O) groups excluding carboxylic acids is 2. The number of rotatable bonds is 6. The molecule has 0 heterocycles. The Hall–Kier alpha value is -2.33. The van der Waals surface area contributed by atoms with Gasteiger partial charge in [-0.1, -0.05) is 53.6 Å². The van der Waals surface area contributed by atoms with Crippen LogP contribution >= 0.6 is 11.6 Å². The molecule has 0 saturated carbocycles. The van der Waals surface area contributed by atoms with Crippen molar-refractivity contribution in [2.75, 3.05) is 7.05 Å². The van der Waals surface area contributed by atoms with Gasteiger partial charge in [-0.05, 0) is 37.1 Å². The second kappa shape index (κ2) is 8.67. The fourth-order valence-corrected chi connectivity index (χ4v) is 2.93. The van der Waals surface area contributed by atoms with E-state index in [0.29, 0.717) is 11.6 Å². The zero-order valence-corrected chi connectivity index (χ0v) is 15.5. The molecule has 2 amide bonds. The Morgan fingerprint density at radius 3 is 2.44 bits per heavy atom. The highest BCUT2D eigenvalue weighted by atomic mass is 35.5. The molecule has 2 aromatic carbocycles. The van der Waals surface area contributed by atoms with Crippen LogP contribution in [0.2, 0.25) is 5.02 Å². The summed E-state index contributed by atoms with van der Waals surface area (Å²) in [5.74, 6) is -0.290. The maximum Gasteiger partial charge on any atom is 0.242 e. The standard InChI is InChI=1S/C20H23ClN2O2/c1-14-6-4-7-16(10-14)12-19(24)23(15(2)20(25)22-3)13-17-8-5-9-18(21)11-17/h4-11,15H,12-13H2,1-3H3,(H,22,25)/t15-/m1/s1. The van der Waals surface area contributed by atoms with Crippen LogP contribution in [-0.4, -0.2) is 29.8 Å². The second-order valence-electron chi connectivity index (χ2n) is 6.11. The molecular formula is C20H23ClN2O2. The molecule has 0 radical (unpaired) electrons. The van der Waals surface area contributed by atoms with Crippen molar-refractivity contribution in [3.8, 4) is 0 Å². The van der Waals surface area contributed by atoms with E-state index in [9.17, 15) is 9.59 Å². The number of nitrogens with zero attached hydrogens (tertiary/aromatic N) is 1. The number of aryl methyl sites for hydroxylation is 1. The summed E-state index contributed by atoms with van der Waals surface area (Å²) in [6, 6.07) is 14.6. The van der Waals surface area contributed by atoms with Gasteiger partial charge in [-0.2, -0.15) is 0 Å². The number of carbonyl (C=O) groups is 2. The quantitative estimate of drug-likeness (QED) is 0.860. The Kier molecular flexibility index (Phi) is 6.59. The largest absolute Gasteiger partial charge is 0.357 e.